The zero-order valence-corrected chi connectivity index (χ0v) is 14.7. The first kappa shape index (κ1) is 15.2. The third-order valence-corrected chi connectivity index (χ3v) is 7.95. The quantitative estimate of drug-likeness (QED) is 0.614. The standard InChI is InChI=1S/2C7H9.CH3Cl.Zr/c2*1-6-4-3-5-7(6)2;1-2;/h2*4H,3H2,1-2H3;1H3;. The summed E-state index contributed by atoms with van der Waals surface area (Å²) < 4.78 is 3.60. The predicted molar refractivity (Wildman–Crippen MR) is 73.9 cm³/mol. The number of alkyl halides is 1. The molecule has 0 N–H and O–H groups in total. The Balaban J connectivity index is 0.000000686. The minimum atomic E-state index is -0.438. The molecule has 0 radical (unpaired) electrons. The van der Waals surface area contributed by atoms with Gasteiger partial charge in [-0.3, -0.25) is 0 Å². The Hall–Kier alpha value is 0.133. The average Bonchev–Trinajstić information content (AvgIpc) is 2.82. The van der Waals surface area contributed by atoms with Crippen LogP contribution in [0.2, 0.25) is 0 Å². The van der Waals surface area contributed by atoms with Gasteiger partial charge in [0.15, 0.2) is 0 Å². The zero-order chi connectivity index (χ0) is 13.0. The van der Waals surface area contributed by atoms with Crippen molar-refractivity contribution >= 4 is 11.6 Å². The number of rotatable bonds is 2. The van der Waals surface area contributed by atoms with Crippen molar-refractivity contribution in [2.24, 2.45) is 0 Å². The fourth-order valence-corrected chi connectivity index (χ4v) is 5.86. The van der Waals surface area contributed by atoms with Crippen molar-refractivity contribution < 1.29 is 23.2 Å². The topological polar surface area (TPSA) is 0 Å². The van der Waals surface area contributed by atoms with Crippen molar-refractivity contribution in [1.29, 1.82) is 0 Å². The molecule has 17 heavy (non-hydrogen) atoms. The van der Waals surface area contributed by atoms with Crippen LogP contribution in [0, 0.1) is 0 Å². The van der Waals surface area contributed by atoms with Crippen LogP contribution in [0.4, 0.5) is 0 Å². The van der Waals surface area contributed by atoms with Crippen molar-refractivity contribution in [2.75, 3.05) is 6.38 Å². The average molecular weight is 328 g/mol. The molecule has 0 aromatic heterocycles. The normalized spacial score (nSPS) is 18.9. The maximum atomic E-state index is 4.64. The van der Waals surface area contributed by atoms with E-state index in [4.69, 9.17) is 0 Å². The third-order valence-electron chi connectivity index (χ3n) is 3.61. The van der Waals surface area contributed by atoms with Gasteiger partial charge in [-0.15, -0.1) is 11.6 Å². The summed E-state index contributed by atoms with van der Waals surface area (Å²) in [6.07, 6.45) is 8.77. The van der Waals surface area contributed by atoms with Crippen LogP contribution in [0.1, 0.15) is 40.5 Å². The van der Waals surface area contributed by atoms with E-state index >= 15 is 0 Å². The van der Waals surface area contributed by atoms with Crippen LogP contribution in [0.5, 0.6) is 0 Å². The van der Waals surface area contributed by atoms with Gasteiger partial charge in [0.25, 0.3) is 0 Å². The van der Waals surface area contributed by atoms with Gasteiger partial charge in [0.05, 0.1) is 0 Å². The number of allylic oxidation sites excluding steroid dienone is 8. The molecule has 0 spiro atoms. The van der Waals surface area contributed by atoms with E-state index in [1.165, 1.54) is 30.4 Å². The van der Waals surface area contributed by atoms with Crippen molar-refractivity contribution in [3.8, 4) is 0 Å². The summed E-state index contributed by atoms with van der Waals surface area (Å²) in [5.74, 6) is 0. The van der Waals surface area contributed by atoms with Gasteiger partial charge in [-0.2, -0.15) is 0 Å². The first-order chi connectivity index (χ1) is 8.09. The van der Waals surface area contributed by atoms with Gasteiger partial charge in [-0.25, -0.2) is 0 Å². The molecular formula is C15H21ClZr. The zero-order valence-electron chi connectivity index (χ0n) is 11.4. The largest absolute Gasteiger partial charge is 0.130 e. The van der Waals surface area contributed by atoms with Crippen molar-refractivity contribution in [3.63, 3.8) is 0 Å². The molecule has 92 valence electrons. The molecule has 2 aliphatic carbocycles. The van der Waals surface area contributed by atoms with E-state index in [0.717, 1.165) is 0 Å². The van der Waals surface area contributed by atoms with Gasteiger partial charge >= 0.3 is 105 Å². The molecule has 2 heteroatoms. The molecule has 0 unspecified atom stereocenters. The molecule has 2 aliphatic rings. The Bertz CT molecular complexity index is 382. The van der Waals surface area contributed by atoms with E-state index in [2.05, 4.69) is 51.4 Å². The summed E-state index contributed by atoms with van der Waals surface area (Å²) in [5, 5.41) is 0. The molecule has 0 amide bonds. The van der Waals surface area contributed by atoms with Crippen molar-refractivity contribution in [2.45, 2.75) is 40.5 Å². The van der Waals surface area contributed by atoms with Gasteiger partial charge < -0.3 is 0 Å². The number of hydrogen-bond acceptors (Lipinski definition) is 0. The van der Waals surface area contributed by atoms with Crippen LogP contribution in [-0.4, -0.2) is 6.38 Å². The molecule has 0 bridgehead atoms. The van der Waals surface area contributed by atoms with E-state index in [1.807, 2.05) is 0 Å². The molecule has 0 saturated carbocycles. The van der Waals surface area contributed by atoms with Crippen LogP contribution < -0.4 is 0 Å². The summed E-state index contributed by atoms with van der Waals surface area (Å²) in [5.41, 5.74) is 6.25. The molecule has 0 aromatic carbocycles. The minimum absolute atomic E-state index is 0.438. The monoisotopic (exact) mass is 326 g/mol. The Morgan fingerprint density at radius 1 is 0.824 bits per heavy atom. The minimum Gasteiger partial charge on any atom is -0.130 e. The molecule has 0 nitrogen and oxygen atoms in total. The molecule has 2 rings (SSSR count). The Kier molecular flexibility index (Phi) is 6.17. The maximum absolute atomic E-state index is 4.64. The van der Waals surface area contributed by atoms with Crippen LogP contribution >= 0.6 is 11.6 Å². The summed E-state index contributed by atoms with van der Waals surface area (Å²) in [4.78, 5) is 0. The Morgan fingerprint density at radius 2 is 1.18 bits per heavy atom. The van der Waals surface area contributed by atoms with E-state index < -0.39 is 23.2 Å². The van der Waals surface area contributed by atoms with E-state index in [9.17, 15) is 0 Å². The van der Waals surface area contributed by atoms with Gasteiger partial charge in [0.2, 0.25) is 0 Å². The second-order valence-corrected chi connectivity index (χ2v) is 8.10. The molecule has 0 heterocycles. The molecular weight excluding hydrogens is 307 g/mol. The molecule has 0 aliphatic heterocycles. The van der Waals surface area contributed by atoms with Gasteiger partial charge in [-0.05, 0) is 0 Å². The van der Waals surface area contributed by atoms with Crippen LogP contribution in [0.15, 0.2) is 41.0 Å². The second kappa shape index (κ2) is 6.90. The summed E-state index contributed by atoms with van der Waals surface area (Å²) >= 11 is 4.20. The smallest absolute Gasteiger partial charge is 0.0108 e. The second-order valence-electron chi connectivity index (χ2n) is 4.51. The molecule has 0 aromatic rings. The molecule has 0 saturated heterocycles. The van der Waals surface area contributed by atoms with Crippen LogP contribution in [-0.2, 0) is 23.2 Å². The summed E-state index contributed by atoms with van der Waals surface area (Å²) in [6.45, 7) is 9.11. The van der Waals surface area contributed by atoms with Crippen LogP contribution in [0.3, 0.4) is 0 Å². The van der Waals surface area contributed by atoms with Gasteiger partial charge in [0, 0.05) is 6.38 Å². The summed E-state index contributed by atoms with van der Waals surface area (Å²) in [6, 6.07) is 0. The first-order valence-electron chi connectivity index (χ1n) is 5.98. The van der Waals surface area contributed by atoms with E-state index in [1.54, 1.807) is 17.7 Å². The first-order valence-corrected chi connectivity index (χ1v) is 9.19. The maximum Gasteiger partial charge on any atom is 0.0108 e. The van der Waals surface area contributed by atoms with E-state index in [-0.39, 0.29) is 0 Å². The fourth-order valence-electron chi connectivity index (χ4n) is 2.07. The SMILES string of the molecule is CC1=CC[C]([Zr][C]2=C(C)C(C)=CC2)=C1C.CCl. The van der Waals surface area contributed by atoms with Gasteiger partial charge in [0.1, 0.15) is 0 Å². The Labute approximate surface area is 122 Å². The number of halogens is 1. The third kappa shape index (κ3) is 3.55. The molecule has 0 atom stereocenters. The fraction of sp³-hybridized carbons (Fsp3) is 0.467. The van der Waals surface area contributed by atoms with Crippen LogP contribution in [0.25, 0.3) is 0 Å². The molecule has 0 fully saturated rings. The van der Waals surface area contributed by atoms with Crippen molar-refractivity contribution in [1.82, 2.24) is 0 Å². The Morgan fingerprint density at radius 3 is 1.41 bits per heavy atom. The van der Waals surface area contributed by atoms with Gasteiger partial charge in [-0.1, -0.05) is 0 Å². The number of hydrogen-bond donors (Lipinski definition) is 0. The van der Waals surface area contributed by atoms with Crippen molar-refractivity contribution in [3.05, 3.63) is 41.0 Å². The summed E-state index contributed by atoms with van der Waals surface area (Å²) in [7, 11) is 0. The predicted octanol–water partition coefficient (Wildman–Crippen LogP) is 5.17. The van der Waals surface area contributed by atoms with E-state index in [0.29, 0.717) is 0 Å².